The molecule has 0 fully saturated rings. The fourth-order valence-corrected chi connectivity index (χ4v) is 4.89. The van der Waals surface area contributed by atoms with Crippen LogP contribution in [0.25, 0.3) is 0 Å². The minimum Gasteiger partial charge on any atom is -0.484 e. The number of rotatable bonds is 16. The Morgan fingerprint density at radius 2 is 1.78 bits per heavy atom. The maximum atomic E-state index is 13.2. The van der Waals surface area contributed by atoms with Crippen LogP contribution >= 0.6 is 23.4 Å². The highest BCUT2D eigenvalue weighted by atomic mass is 35.5. The predicted octanol–water partition coefficient (Wildman–Crippen LogP) is 5.55. The highest BCUT2D eigenvalue weighted by Crippen LogP contribution is 2.16. The summed E-state index contributed by atoms with van der Waals surface area (Å²) in [5.74, 6) is 2.75. The van der Waals surface area contributed by atoms with E-state index in [-0.39, 0.29) is 30.4 Å². The lowest BCUT2D eigenvalue weighted by molar-refractivity contribution is -0.123. The Labute approximate surface area is 228 Å². The van der Waals surface area contributed by atoms with Gasteiger partial charge in [-0.15, -0.1) is 11.8 Å². The fraction of sp³-hybridized carbons (Fsp3) is 0.379. The van der Waals surface area contributed by atoms with Gasteiger partial charge in [-0.2, -0.15) is 0 Å². The number of thioether (sulfide) groups is 1. The minimum absolute atomic E-state index is 0.0912. The molecule has 0 aliphatic heterocycles. The van der Waals surface area contributed by atoms with Crippen molar-refractivity contribution in [3.8, 4) is 5.75 Å². The van der Waals surface area contributed by atoms with E-state index >= 15 is 0 Å². The van der Waals surface area contributed by atoms with Crippen LogP contribution in [-0.4, -0.2) is 42.7 Å². The van der Waals surface area contributed by atoms with Crippen LogP contribution in [0, 0.1) is 5.92 Å². The molecular formula is C29H35ClN2O4S. The second kappa shape index (κ2) is 15.5. The summed E-state index contributed by atoms with van der Waals surface area (Å²) in [6.45, 7) is 4.62. The second-order valence-electron chi connectivity index (χ2n) is 9.33. The maximum absolute atomic E-state index is 13.2. The van der Waals surface area contributed by atoms with Crippen LogP contribution in [-0.2, 0) is 21.8 Å². The van der Waals surface area contributed by atoms with Crippen molar-refractivity contribution in [2.24, 2.45) is 5.92 Å². The molecule has 198 valence electrons. The van der Waals surface area contributed by atoms with E-state index in [0.717, 1.165) is 17.7 Å². The van der Waals surface area contributed by atoms with Gasteiger partial charge in [-0.05, 0) is 60.7 Å². The highest BCUT2D eigenvalue weighted by molar-refractivity contribution is 7.99. The summed E-state index contributed by atoms with van der Waals surface area (Å²) in [5, 5.41) is 7.12. The van der Waals surface area contributed by atoms with Crippen LogP contribution < -0.4 is 15.4 Å². The molecule has 3 rings (SSSR count). The number of ether oxygens (including phenoxy) is 1. The topological polar surface area (TPSA) is 80.6 Å². The number of amides is 1. The number of nitrogens with one attached hydrogen (secondary N) is 2. The Bertz CT molecular complexity index is 1080. The number of furan rings is 1. The van der Waals surface area contributed by atoms with Crippen molar-refractivity contribution < 1.29 is 18.7 Å². The number of carbonyl (C=O) groups excluding carboxylic acids is 2. The molecule has 0 radical (unpaired) electrons. The number of carbonyl (C=O) groups is 2. The molecule has 0 saturated heterocycles. The van der Waals surface area contributed by atoms with E-state index in [4.69, 9.17) is 20.8 Å². The molecule has 3 aromatic rings. The zero-order valence-corrected chi connectivity index (χ0v) is 22.9. The Balaban J connectivity index is 1.56. The van der Waals surface area contributed by atoms with Gasteiger partial charge in [0.2, 0.25) is 0 Å². The second-order valence-corrected chi connectivity index (χ2v) is 10.7. The Morgan fingerprint density at radius 1 is 1.03 bits per heavy atom. The molecule has 1 amide bonds. The summed E-state index contributed by atoms with van der Waals surface area (Å²) in [6.07, 6.45) is 3.00. The van der Waals surface area contributed by atoms with Crippen molar-refractivity contribution >= 4 is 35.1 Å². The smallest absolute Gasteiger partial charge is 0.258 e. The lowest BCUT2D eigenvalue weighted by Gasteiger charge is -2.25. The van der Waals surface area contributed by atoms with Crippen molar-refractivity contribution in [2.45, 2.75) is 44.5 Å². The normalized spacial score (nSPS) is 12.8. The summed E-state index contributed by atoms with van der Waals surface area (Å²) in [4.78, 5) is 25.8. The molecule has 2 aromatic carbocycles. The van der Waals surface area contributed by atoms with E-state index in [9.17, 15) is 9.59 Å². The number of halogens is 1. The van der Waals surface area contributed by atoms with Gasteiger partial charge in [0, 0.05) is 17.6 Å². The first-order valence-corrected chi connectivity index (χ1v) is 14.0. The number of hydrogen-bond acceptors (Lipinski definition) is 6. The van der Waals surface area contributed by atoms with Crippen LogP contribution in [0.2, 0.25) is 5.02 Å². The lowest BCUT2D eigenvalue weighted by atomic mass is 10.0. The molecule has 0 aliphatic rings. The quantitative estimate of drug-likeness (QED) is 0.247. The predicted molar refractivity (Wildman–Crippen MR) is 150 cm³/mol. The first kappa shape index (κ1) is 28.8. The summed E-state index contributed by atoms with van der Waals surface area (Å²) in [5.41, 5.74) is 1.09. The molecule has 2 unspecified atom stereocenters. The molecule has 37 heavy (non-hydrogen) atoms. The zero-order valence-electron chi connectivity index (χ0n) is 21.3. The SMILES string of the molecule is CC(C)CC(CNC(Cc1ccccc1)C(=O)CSCc1ccco1)NC(=O)COc1ccc(Cl)cc1. The Morgan fingerprint density at radius 3 is 2.46 bits per heavy atom. The van der Waals surface area contributed by atoms with Gasteiger partial charge >= 0.3 is 0 Å². The average molecular weight is 543 g/mol. The average Bonchev–Trinajstić information content (AvgIpc) is 3.40. The van der Waals surface area contributed by atoms with E-state index in [0.29, 0.717) is 41.2 Å². The highest BCUT2D eigenvalue weighted by Gasteiger charge is 2.22. The van der Waals surface area contributed by atoms with Crippen molar-refractivity contribution in [2.75, 3.05) is 18.9 Å². The number of benzene rings is 2. The standard InChI is InChI=1S/C29H35ClN2O4S/c1-21(2)15-24(32-29(34)18-36-25-12-10-23(30)11-13-25)17-31-27(16-22-7-4-3-5-8-22)28(33)20-37-19-26-9-6-14-35-26/h3-14,21,24,27,31H,15-20H2,1-2H3,(H,32,34). The van der Waals surface area contributed by atoms with Crippen LogP contribution in [0.15, 0.2) is 77.4 Å². The molecule has 1 aromatic heterocycles. The lowest BCUT2D eigenvalue weighted by Crippen LogP contribution is -2.49. The van der Waals surface area contributed by atoms with Crippen LogP contribution in [0.5, 0.6) is 5.75 Å². The monoisotopic (exact) mass is 542 g/mol. The van der Waals surface area contributed by atoms with Gasteiger partial charge < -0.3 is 19.8 Å². The van der Waals surface area contributed by atoms with Gasteiger partial charge in [0.05, 0.1) is 23.8 Å². The molecular weight excluding hydrogens is 508 g/mol. The zero-order chi connectivity index (χ0) is 26.5. The summed E-state index contributed by atoms with van der Waals surface area (Å²) < 4.78 is 11.0. The van der Waals surface area contributed by atoms with E-state index < -0.39 is 0 Å². The molecule has 0 aliphatic carbocycles. The van der Waals surface area contributed by atoms with E-state index in [1.165, 1.54) is 0 Å². The van der Waals surface area contributed by atoms with Crippen molar-refractivity contribution in [3.05, 3.63) is 89.3 Å². The third kappa shape index (κ3) is 11.0. The first-order chi connectivity index (χ1) is 17.9. The molecule has 1 heterocycles. The van der Waals surface area contributed by atoms with Crippen LogP contribution in [0.3, 0.4) is 0 Å². The molecule has 0 spiro atoms. The molecule has 8 heteroatoms. The van der Waals surface area contributed by atoms with Gasteiger partial charge in [-0.25, -0.2) is 0 Å². The summed E-state index contributed by atoms with van der Waals surface area (Å²) >= 11 is 7.45. The molecule has 2 N–H and O–H groups in total. The molecule has 0 saturated carbocycles. The van der Waals surface area contributed by atoms with Gasteiger partial charge in [0.15, 0.2) is 12.4 Å². The van der Waals surface area contributed by atoms with Gasteiger partial charge in [-0.1, -0.05) is 55.8 Å². The van der Waals surface area contributed by atoms with E-state index in [1.807, 2.05) is 42.5 Å². The van der Waals surface area contributed by atoms with E-state index in [1.54, 1.807) is 42.3 Å². The van der Waals surface area contributed by atoms with Gasteiger partial charge in [0.1, 0.15) is 11.5 Å². The van der Waals surface area contributed by atoms with Gasteiger partial charge in [0.25, 0.3) is 5.91 Å². The number of hydrogen-bond donors (Lipinski definition) is 2. The maximum Gasteiger partial charge on any atom is 0.258 e. The Hall–Kier alpha value is -2.74. The third-order valence-corrected chi connectivity index (χ3v) is 6.88. The van der Waals surface area contributed by atoms with Crippen LogP contribution in [0.1, 0.15) is 31.6 Å². The third-order valence-electron chi connectivity index (χ3n) is 5.66. The number of Topliss-reactive ketones (excluding diaryl/α,β-unsaturated/α-hetero) is 1. The summed E-state index contributed by atoms with van der Waals surface area (Å²) in [6, 6.07) is 20.1. The minimum atomic E-state index is -0.358. The summed E-state index contributed by atoms with van der Waals surface area (Å²) in [7, 11) is 0. The molecule has 6 nitrogen and oxygen atoms in total. The fourth-order valence-electron chi connectivity index (χ4n) is 3.89. The van der Waals surface area contributed by atoms with Gasteiger partial charge in [-0.3, -0.25) is 9.59 Å². The number of ketones is 1. The molecule has 0 bridgehead atoms. The largest absolute Gasteiger partial charge is 0.484 e. The first-order valence-electron chi connectivity index (χ1n) is 12.5. The van der Waals surface area contributed by atoms with Crippen molar-refractivity contribution in [1.29, 1.82) is 0 Å². The van der Waals surface area contributed by atoms with E-state index in [2.05, 4.69) is 24.5 Å². The molecule has 2 atom stereocenters. The van der Waals surface area contributed by atoms with Crippen molar-refractivity contribution in [1.82, 2.24) is 10.6 Å². The van der Waals surface area contributed by atoms with Crippen LogP contribution in [0.4, 0.5) is 0 Å². The van der Waals surface area contributed by atoms with Crippen molar-refractivity contribution in [3.63, 3.8) is 0 Å². The Kier molecular flexibility index (Phi) is 12.1.